The van der Waals surface area contributed by atoms with Gasteiger partial charge in [0, 0.05) is 0 Å². The van der Waals surface area contributed by atoms with Crippen LogP contribution in [0.3, 0.4) is 0 Å². The van der Waals surface area contributed by atoms with Gasteiger partial charge in [0.2, 0.25) is 0 Å². The molecule has 0 spiro atoms. The fraction of sp³-hybridized carbons (Fsp3) is 0.250. The minimum atomic E-state index is -4.68. The van der Waals surface area contributed by atoms with Crippen molar-refractivity contribution in [2.75, 3.05) is 0 Å². The van der Waals surface area contributed by atoms with Gasteiger partial charge in [-0.25, -0.2) is 0 Å². The average Bonchev–Trinajstić information content (AvgIpc) is 2.10. The number of halogens is 7. The van der Waals surface area contributed by atoms with E-state index in [2.05, 4.69) is 20.7 Å². The molecule has 0 N–H and O–H groups in total. The second-order valence-corrected chi connectivity index (χ2v) is 3.85. The second-order valence-electron chi connectivity index (χ2n) is 2.65. The molecule has 0 unspecified atom stereocenters. The van der Waals surface area contributed by atoms with Crippen LogP contribution in [-0.4, -0.2) is 6.61 Å². The molecule has 1 aromatic rings. The molecule has 0 fully saturated rings. The van der Waals surface area contributed by atoms with E-state index in [0.717, 1.165) is 0 Å². The van der Waals surface area contributed by atoms with Gasteiger partial charge < -0.3 is 4.74 Å². The minimum Gasteiger partial charge on any atom is -0.434 e. The molecule has 8 heteroatoms. The molecule has 0 aliphatic carbocycles. The van der Waals surface area contributed by atoms with Crippen molar-refractivity contribution in [2.24, 2.45) is 0 Å². The average molecular weight is 325 g/mol. The van der Waals surface area contributed by atoms with E-state index in [9.17, 15) is 22.0 Å². The van der Waals surface area contributed by atoms with Crippen molar-refractivity contribution in [1.29, 1.82) is 0 Å². The van der Waals surface area contributed by atoms with E-state index in [1.54, 1.807) is 0 Å². The predicted molar refractivity (Wildman–Crippen MR) is 50.8 cm³/mol. The molecule has 0 aliphatic heterocycles. The molecule has 0 heterocycles. The zero-order valence-corrected chi connectivity index (χ0v) is 9.63. The van der Waals surface area contributed by atoms with Crippen LogP contribution < -0.4 is 4.74 Å². The number of ether oxygens (including phenoxy) is 1. The van der Waals surface area contributed by atoms with Crippen LogP contribution in [0, 0.1) is 0 Å². The Balaban J connectivity index is 3.22. The van der Waals surface area contributed by atoms with E-state index in [0.29, 0.717) is 12.1 Å². The van der Waals surface area contributed by atoms with E-state index in [1.807, 2.05) is 0 Å². The lowest BCUT2D eigenvalue weighted by atomic mass is 10.2. The summed E-state index contributed by atoms with van der Waals surface area (Å²) in [7, 11) is 0. The topological polar surface area (TPSA) is 9.23 Å². The van der Waals surface area contributed by atoms with Gasteiger partial charge in [0.05, 0.1) is 15.1 Å². The van der Waals surface area contributed by atoms with Gasteiger partial charge in [-0.15, -0.1) is 0 Å². The van der Waals surface area contributed by atoms with Crippen molar-refractivity contribution in [3.05, 3.63) is 27.2 Å². The Kier molecular flexibility index (Phi) is 4.01. The van der Waals surface area contributed by atoms with E-state index < -0.39 is 24.1 Å². The number of hydrogen-bond acceptors (Lipinski definition) is 1. The van der Waals surface area contributed by atoms with Crippen LogP contribution in [-0.2, 0) is 6.18 Å². The highest BCUT2D eigenvalue weighted by Crippen LogP contribution is 2.40. The van der Waals surface area contributed by atoms with Gasteiger partial charge in [-0.2, -0.15) is 22.0 Å². The van der Waals surface area contributed by atoms with Crippen LogP contribution in [0.2, 0.25) is 5.02 Å². The minimum absolute atomic E-state index is 0.150. The van der Waals surface area contributed by atoms with Gasteiger partial charge in [-0.3, -0.25) is 0 Å². The summed E-state index contributed by atoms with van der Waals surface area (Å²) in [6, 6.07) is 1.06. The Morgan fingerprint density at radius 2 is 1.81 bits per heavy atom. The first-order valence-corrected chi connectivity index (χ1v) is 4.90. The molecule has 1 rings (SSSR count). The Morgan fingerprint density at radius 3 is 2.25 bits per heavy atom. The SMILES string of the molecule is FC(F)Oc1cc(C(F)(F)F)cc(Cl)c1Br. The summed E-state index contributed by atoms with van der Waals surface area (Å²) >= 11 is 8.19. The molecule has 16 heavy (non-hydrogen) atoms. The number of alkyl halides is 5. The Morgan fingerprint density at radius 1 is 1.25 bits per heavy atom. The summed E-state index contributed by atoms with van der Waals surface area (Å²) in [5.41, 5.74) is -1.16. The molecule has 0 saturated carbocycles. The van der Waals surface area contributed by atoms with Crippen molar-refractivity contribution in [3.8, 4) is 5.75 Å². The molecule has 0 aliphatic rings. The predicted octanol–water partition coefficient (Wildman–Crippen LogP) is 4.72. The van der Waals surface area contributed by atoms with Crippen molar-refractivity contribution >= 4 is 27.5 Å². The van der Waals surface area contributed by atoms with Gasteiger partial charge in [0.25, 0.3) is 0 Å². The zero-order chi connectivity index (χ0) is 12.5. The maximum Gasteiger partial charge on any atom is 0.416 e. The molecular weight excluding hydrogens is 322 g/mol. The molecule has 0 aromatic heterocycles. The van der Waals surface area contributed by atoms with Crippen LogP contribution in [0.1, 0.15) is 5.56 Å². The van der Waals surface area contributed by atoms with Crippen molar-refractivity contribution in [1.82, 2.24) is 0 Å². The van der Waals surface area contributed by atoms with Crippen LogP contribution in [0.4, 0.5) is 22.0 Å². The summed E-state index contributed by atoms with van der Waals surface area (Å²) in [6.07, 6.45) is -4.68. The fourth-order valence-corrected chi connectivity index (χ4v) is 1.44. The summed E-state index contributed by atoms with van der Waals surface area (Å²) in [5, 5.41) is -0.356. The van der Waals surface area contributed by atoms with Gasteiger partial charge >= 0.3 is 12.8 Å². The second kappa shape index (κ2) is 4.75. The lowest BCUT2D eigenvalue weighted by molar-refractivity contribution is -0.138. The van der Waals surface area contributed by atoms with E-state index >= 15 is 0 Å². The first-order chi connectivity index (χ1) is 7.21. The number of rotatable bonds is 2. The molecule has 0 bridgehead atoms. The van der Waals surface area contributed by atoms with Gasteiger partial charge in [-0.1, -0.05) is 11.6 Å². The zero-order valence-electron chi connectivity index (χ0n) is 7.29. The third-order valence-corrected chi connectivity index (χ3v) is 2.88. The van der Waals surface area contributed by atoms with Crippen molar-refractivity contribution < 1.29 is 26.7 Å². The molecule has 0 atom stereocenters. The van der Waals surface area contributed by atoms with E-state index in [-0.39, 0.29) is 9.50 Å². The summed E-state index contributed by atoms with van der Waals surface area (Å²) in [4.78, 5) is 0. The van der Waals surface area contributed by atoms with E-state index in [4.69, 9.17) is 11.6 Å². The first kappa shape index (κ1) is 13.5. The third-order valence-electron chi connectivity index (χ3n) is 1.54. The van der Waals surface area contributed by atoms with Gasteiger partial charge in [-0.05, 0) is 28.1 Å². The maximum absolute atomic E-state index is 12.3. The fourth-order valence-electron chi connectivity index (χ4n) is 0.909. The molecule has 0 saturated heterocycles. The molecule has 90 valence electrons. The third kappa shape index (κ3) is 3.21. The maximum atomic E-state index is 12.3. The molecule has 0 radical (unpaired) electrons. The highest BCUT2D eigenvalue weighted by Gasteiger charge is 2.32. The highest BCUT2D eigenvalue weighted by molar-refractivity contribution is 9.10. The van der Waals surface area contributed by atoms with E-state index in [1.165, 1.54) is 0 Å². The number of benzene rings is 1. The monoisotopic (exact) mass is 324 g/mol. The largest absolute Gasteiger partial charge is 0.434 e. The number of hydrogen-bond donors (Lipinski definition) is 0. The molecule has 1 aromatic carbocycles. The molecule has 1 nitrogen and oxygen atoms in total. The Labute approximate surface area is 100 Å². The van der Waals surface area contributed by atoms with Crippen molar-refractivity contribution in [2.45, 2.75) is 12.8 Å². The van der Waals surface area contributed by atoms with Crippen LogP contribution >= 0.6 is 27.5 Å². The van der Waals surface area contributed by atoms with Crippen LogP contribution in [0.15, 0.2) is 16.6 Å². The lowest BCUT2D eigenvalue weighted by Crippen LogP contribution is -2.08. The van der Waals surface area contributed by atoms with Crippen LogP contribution in [0.5, 0.6) is 5.75 Å². The normalized spacial score (nSPS) is 12.0. The Bertz CT molecular complexity index is 393. The molecule has 0 amide bonds. The Hall–Kier alpha value is -0.560. The summed E-state index contributed by atoms with van der Waals surface area (Å²) < 4.78 is 64.4. The first-order valence-electron chi connectivity index (χ1n) is 3.73. The lowest BCUT2D eigenvalue weighted by Gasteiger charge is -2.12. The van der Waals surface area contributed by atoms with Crippen LogP contribution in [0.25, 0.3) is 0 Å². The highest BCUT2D eigenvalue weighted by atomic mass is 79.9. The van der Waals surface area contributed by atoms with Gasteiger partial charge in [0.1, 0.15) is 5.75 Å². The van der Waals surface area contributed by atoms with Crippen molar-refractivity contribution in [3.63, 3.8) is 0 Å². The summed E-state index contributed by atoms with van der Waals surface area (Å²) in [6.45, 7) is -3.23. The quantitative estimate of drug-likeness (QED) is 0.715. The molecular formula is C8H3BrClF5O. The summed E-state index contributed by atoms with van der Waals surface area (Å²) in [5.74, 6) is -0.658. The smallest absolute Gasteiger partial charge is 0.416 e. The van der Waals surface area contributed by atoms with Gasteiger partial charge in [0.15, 0.2) is 0 Å². The standard InChI is InChI=1S/C8H3BrClF5O/c9-6-4(10)1-3(8(13,14)15)2-5(6)16-7(11)12/h1-2,7H.